The van der Waals surface area contributed by atoms with E-state index in [1.54, 1.807) is 0 Å². The van der Waals surface area contributed by atoms with Crippen molar-refractivity contribution in [2.45, 2.75) is 31.2 Å². The summed E-state index contributed by atoms with van der Waals surface area (Å²) >= 11 is 0. The first-order valence-corrected chi connectivity index (χ1v) is 5.66. The van der Waals surface area contributed by atoms with Crippen LogP contribution in [0.5, 0.6) is 0 Å². The molecule has 0 fully saturated rings. The number of nitrogens with one attached hydrogen (secondary N) is 1. The number of halogens is 3. The van der Waals surface area contributed by atoms with Crippen LogP contribution in [0.25, 0.3) is 0 Å². The molecule has 94 valence electrons. The van der Waals surface area contributed by atoms with Gasteiger partial charge in [0.15, 0.2) is 6.17 Å². The average Bonchev–Trinajstić information content (AvgIpc) is 2.04. The van der Waals surface area contributed by atoms with E-state index in [0.717, 1.165) is 0 Å². The van der Waals surface area contributed by atoms with E-state index in [9.17, 15) is 21.6 Å². The highest BCUT2D eigenvalue weighted by Crippen LogP contribution is 2.29. The minimum Gasteiger partial charge on any atom is -0.323 e. The summed E-state index contributed by atoms with van der Waals surface area (Å²) in [5.41, 5.74) is 0. The van der Waals surface area contributed by atoms with Crippen LogP contribution in [0.4, 0.5) is 13.2 Å². The van der Waals surface area contributed by atoms with Crippen molar-refractivity contribution in [1.29, 1.82) is 0 Å². The van der Waals surface area contributed by atoms with Crippen molar-refractivity contribution >= 4 is 10.1 Å². The van der Waals surface area contributed by atoms with Gasteiger partial charge >= 0.3 is 15.4 Å². The Morgan fingerprint density at radius 1 is 1.40 bits per heavy atom. The first kappa shape index (κ1) is 17.1. The molecule has 0 radical (unpaired) electrons. The molecule has 0 aromatic rings. The molecule has 0 aromatic heterocycles. The van der Waals surface area contributed by atoms with Gasteiger partial charge in [0.1, 0.15) is 0 Å². The van der Waals surface area contributed by atoms with Crippen molar-refractivity contribution in [3.05, 3.63) is 0 Å². The number of alkyl halides is 3. The van der Waals surface area contributed by atoms with Gasteiger partial charge in [-0.1, -0.05) is 13.3 Å². The van der Waals surface area contributed by atoms with Crippen LogP contribution >= 0.6 is 0 Å². The maximum atomic E-state index is 12.4. The molecule has 8 heteroatoms. The van der Waals surface area contributed by atoms with Gasteiger partial charge in [0.2, 0.25) is 0 Å². The van der Waals surface area contributed by atoms with E-state index in [0.29, 0.717) is 0 Å². The lowest BCUT2D eigenvalue weighted by Crippen LogP contribution is -2.38. The van der Waals surface area contributed by atoms with E-state index in [2.05, 4.69) is 5.32 Å². The van der Waals surface area contributed by atoms with Gasteiger partial charge in [0.05, 0.1) is 0 Å². The molecule has 15 heavy (non-hydrogen) atoms. The summed E-state index contributed by atoms with van der Waals surface area (Å²) < 4.78 is 64.8. The molecule has 0 aliphatic carbocycles. The van der Waals surface area contributed by atoms with Crippen molar-refractivity contribution in [1.82, 2.24) is 5.32 Å². The standard InChI is InChI=1S/C5H9F3O3S.C2H7N/c1-2-3-4(6)5(7,8)12(9,10)11;1-3-2/h4H,2-3H2,1H3,(H,9,10,11);3H,1-2H3. The van der Waals surface area contributed by atoms with E-state index in [4.69, 9.17) is 4.55 Å². The third-order valence-electron chi connectivity index (χ3n) is 1.25. The van der Waals surface area contributed by atoms with Gasteiger partial charge in [0.25, 0.3) is 0 Å². The molecule has 0 heterocycles. The quantitative estimate of drug-likeness (QED) is 0.742. The topological polar surface area (TPSA) is 66.4 Å². The zero-order valence-electron chi connectivity index (χ0n) is 8.80. The summed E-state index contributed by atoms with van der Waals surface area (Å²) in [5, 5.41) is -1.94. The van der Waals surface area contributed by atoms with Crippen LogP contribution < -0.4 is 5.32 Å². The Bertz CT molecular complexity index is 256. The Morgan fingerprint density at radius 3 is 1.93 bits per heavy atom. The van der Waals surface area contributed by atoms with Gasteiger partial charge in [-0.2, -0.15) is 17.2 Å². The summed E-state index contributed by atoms with van der Waals surface area (Å²) in [7, 11) is -1.88. The zero-order valence-corrected chi connectivity index (χ0v) is 9.61. The third-order valence-corrected chi connectivity index (χ3v) is 2.19. The van der Waals surface area contributed by atoms with Gasteiger partial charge in [-0.3, -0.25) is 4.55 Å². The van der Waals surface area contributed by atoms with Crippen LogP contribution in [0.3, 0.4) is 0 Å². The molecule has 0 aliphatic rings. The average molecular weight is 251 g/mol. The van der Waals surface area contributed by atoms with Crippen molar-refractivity contribution in [3.63, 3.8) is 0 Å². The predicted molar refractivity (Wildman–Crippen MR) is 51.3 cm³/mol. The van der Waals surface area contributed by atoms with Gasteiger partial charge in [-0.25, -0.2) is 4.39 Å². The molecule has 0 saturated heterocycles. The summed E-state index contributed by atoms with van der Waals surface area (Å²) in [6, 6.07) is 0. The molecule has 0 aliphatic heterocycles. The van der Waals surface area contributed by atoms with E-state index >= 15 is 0 Å². The van der Waals surface area contributed by atoms with Crippen LogP contribution in [0.1, 0.15) is 19.8 Å². The van der Waals surface area contributed by atoms with Gasteiger partial charge < -0.3 is 5.32 Å². The van der Waals surface area contributed by atoms with Crippen LogP contribution in [-0.2, 0) is 10.1 Å². The number of hydrogen-bond donors (Lipinski definition) is 2. The SMILES string of the molecule is CCCC(F)C(F)(F)S(=O)(=O)O.CNC. The van der Waals surface area contributed by atoms with Crippen LogP contribution in [0.2, 0.25) is 0 Å². The Kier molecular flexibility index (Phi) is 7.99. The molecule has 0 bridgehead atoms. The highest BCUT2D eigenvalue weighted by molar-refractivity contribution is 7.86. The third kappa shape index (κ3) is 5.95. The summed E-state index contributed by atoms with van der Waals surface area (Å²) in [4.78, 5) is 0. The van der Waals surface area contributed by atoms with Gasteiger partial charge in [0, 0.05) is 0 Å². The highest BCUT2D eigenvalue weighted by Gasteiger charge is 2.51. The van der Waals surface area contributed by atoms with Gasteiger partial charge in [-0.15, -0.1) is 0 Å². The molecular formula is C7H16F3NO3S. The second-order valence-corrected chi connectivity index (χ2v) is 4.29. The van der Waals surface area contributed by atoms with E-state index in [1.165, 1.54) is 6.92 Å². The Labute approximate surface area is 87.6 Å². The fourth-order valence-corrected chi connectivity index (χ4v) is 1.02. The fraction of sp³-hybridized carbons (Fsp3) is 1.00. The molecule has 1 unspecified atom stereocenters. The van der Waals surface area contributed by atoms with Crippen molar-refractivity contribution in [3.8, 4) is 0 Å². The molecule has 0 aromatic carbocycles. The Balaban J connectivity index is 0. The lowest BCUT2D eigenvalue weighted by atomic mass is 10.2. The smallest absolute Gasteiger partial charge is 0.323 e. The Hall–Kier alpha value is -0.340. The van der Waals surface area contributed by atoms with Crippen LogP contribution in [0.15, 0.2) is 0 Å². The van der Waals surface area contributed by atoms with Crippen LogP contribution in [0, 0.1) is 0 Å². The van der Waals surface area contributed by atoms with Gasteiger partial charge in [-0.05, 0) is 20.5 Å². The minimum atomic E-state index is -5.63. The molecule has 2 N–H and O–H groups in total. The first-order chi connectivity index (χ1) is 6.65. The molecule has 0 amide bonds. The van der Waals surface area contributed by atoms with Crippen molar-refractivity contribution in [2.24, 2.45) is 0 Å². The second-order valence-electron chi connectivity index (χ2n) is 2.79. The molecule has 0 spiro atoms. The summed E-state index contributed by atoms with van der Waals surface area (Å²) in [6.45, 7) is 1.42. The van der Waals surface area contributed by atoms with Crippen LogP contribution in [-0.4, -0.2) is 38.5 Å². The molecule has 0 rings (SSSR count). The molecule has 4 nitrogen and oxygen atoms in total. The van der Waals surface area contributed by atoms with Crippen molar-refractivity contribution < 1.29 is 26.1 Å². The first-order valence-electron chi connectivity index (χ1n) is 4.22. The number of rotatable bonds is 4. The lowest BCUT2D eigenvalue weighted by molar-refractivity contribution is -0.00631. The fourth-order valence-electron chi connectivity index (χ4n) is 0.583. The molecule has 1 atom stereocenters. The molecular weight excluding hydrogens is 235 g/mol. The normalized spacial score (nSPS) is 14.1. The second kappa shape index (κ2) is 7.02. The van der Waals surface area contributed by atoms with Crippen molar-refractivity contribution in [2.75, 3.05) is 14.1 Å². The maximum Gasteiger partial charge on any atom is 0.400 e. The highest BCUT2D eigenvalue weighted by atomic mass is 32.2. The monoisotopic (exact) mass is 251 g/mol. The molecule has 0 saturated carbocycles. The van der Waals surface area contributed by atoms with E-state index in [-0.39, 0.29) is 6.42 Å². The number of hydrogen-bond acceptors (Lipinski definition) is 3. The zero-order chi connectivity index (χ0) is 12.7. The van der Waals surface area contributed by atoms with E-state index < -0.39 is 28.0 Å². The predicted octanol–water partition coefficient (Wildman–Crippen LogP) is 1.44. The lowest BCUT2D eigenvalue weighted by Gasteiger charge is -2.16. The summed E-state index contributed by atoms with van der Waals surface area (Å²) in [6.07, 6.45) is -3.38. The Morgan fingerprint density at radius 2 is 1.73 bits per heavy atom. The summed E-state index contributed by atoms with van der Waals surface area (Å²) in [5.74, 6) is 0. The maximum absolute atomic E-state index is 12.4. The van der Waals surface area contributed by atoms with E-state index in [1.807, 2.05) is 14.1 Å². The minimum absolute atomic E-state index is 0.0757. The largest absolute Gasteiger partial charge is 0.400 e.